The van der Waals surface area contributed by atoms with Crippen LogP contribution in [0.1, 0.15) is 26.5 Å². The third-order valence-electron chi connectivity index (χ3n) is 4.11. The Morgan fingerprint density at radius 3 is 2.57 bits per heavy atom. The molecule has 3 N–H and O–H groups in total. The highest BCUT2D eigenvalue weighted by Crippen LogP contribution is 2.08. The smallest absolute Gasteiger partial charge is 0.325 e. The van der Waals surface area contributed by atoms with E-state index in [9.17, 15) is 14.4 Å². The number of rotatable bonds is 6. The number of imidazole rings is 1. The molecule has 2 heterocycles. The summed E-state index contributed by atoms with van der Waals surface area (Å²) >= 11 is 0. The zero-order chi connectivity index (χ0) is 19.1. The van der Waals surface area contributed by atoms with Crippen LogP contribution in [0.5, 0.6) is 0 Å². The molecule has 0 bridgehead atoms. The number of carbonyl (C=O) groups is 3. The van der Waals surface area contributed by atoms with Gasteiger partial charge in [0.2, 0.25) is 0 Å². The van der Waals surface area contributed by atoms with Crippen LogP contribution < -0.4 is 10.6 Å². The lowest BCUT2D eigenvalue weighted by Gasteiger charge is -2.27. The van der Waals surface area contributed by atoms with Gasteiger partial charge in [-0.25, -0.2) is 4.98 Å². The van der Waals surface area contributed by atoms with Gasteiger partial charge in [0.05, 0.1) is 6.33 Å². The number of halogens is 1. The van der Waals surface area contributed by atoms with Crippen molar-refractivity contribution in [3.05, 3.63) is 53.6 Å². The molecule has 9 nitrogen and oxygen atoms in total. The zero-order valence-electron chi connectivity index (χ0n) is 15.1. The largest absolute Gasteiger partial charge is 0.460 e. The SMILES string of the molecule is Cl.O=C(CNC(=O)c1nc[nH]c1C(=O)N1CCNCC1)OCc1ccccc1. The average Bonchev–Trinajstić information content (AvgIpc) is 3.21. The Bertz CT molecular complexity index is 805. The molecule has 150 valence electrons. The van der Waals surface area contributed by atoms with E-state index in [0.717, 1.165) is 5.56 Å². The summed E-state index contributed by atoms with van der Waals surface area (Å²) in [5.41, 5.74) is 0.940. The third kappa shape index (κ3) is 5.54. The molecule has 1 aromatic heterocycles. The van der Waals surface area contributed by atoms with E-state index in [2.05, 4.69) is 20.6 Å². The first-order valence-corrected chi connectivity index (χ1v) is 8.66. The Labute approximate surface area is 168 Å². The number of hydrogen-bond acceptors (Lipinski definition) is 6. The van der Waals surface area contributed by atoms with Gasteiger partial charge in [-0.1, -0.05) is 30.3 Å². The Kier molecular flexibility index (Phi) is 7.97. The van der Waals surface area contributed by atoms with Gasteiger partial charge in [-0.3, -0.25) is 14.4 Å². The molecule has 0 unspecified atom stereocenters. The Morgan fingerprint density at radius 2 is 1.86 bits per heavy atom. The topological polar surface area (TPSA) is 116 Å². The molecule has 1 saturated heterocycles. The highest BCUT2D eigenvalue weighted by Gasteiger charge is 2.25. The standard InChI is InChI=1S/C18H21N5O4.ClH/c24-14(27-11-13-4-2-1-3-5-13)10-20-17(25)15-16(22-12-21-15)18(26)23-8-6-19-7-9-23;/h1-5,12,19H,6-11H2,(H,20,25)(H,21,22);1H. The van der Waals surface area contributed by atoms with Crippen molar-refractivity contribution in [2.75, 3.05) is 32.7 Å². The van der Waals surface area contributed by atoms with E-state index in [-0.39, 0.29) is 42.9 Å². The van der Waals surface area contributed by atoms with E-state index in [1.165, 1.54) is 6.33 Å². The van der Waals surface area contributed by atoms with Crippen LogP contribution in [0.4, 0.5) is 0 Å². The molecule has 0 spiro atoms. The fraction of sp³-hybridized carbons (Fsp3) is 0.333. The summed E-state index contributed by atoms with van der Waals surface area (Å²) < 4.78 is 5.10. The van der Waals surface area contributed by atoms with Gasteiger partial charge in [-0.05, 0) is 5.56 Å². The lowest BCUT2D eigenvalue weighted by Crippen LogP contribution is -2.47. The third-order valence-corrected chi connectivity index (χ3v) is 4.11. The number of nitrogens with zero attached hydrogens (tertiary/aromatic N) is 2. The summed E-state index contributed by atoms with van der Waals surface area (Å²) in [6, 6.07) is 9.24. The maximum atomic E-state index is 12.5. The van der Waals surface area contributed by atoms with Gasteiger partial charge >= 0.3 is 5.97 Å². The number of benzene rings is 1. The molecule has 28 heavy (non-hydrogen) atoms. The quantitative estimate of drug-likeness (QED) is 0.595. The van der Waals surface area contributed by atoms with E-state index in [4.69, 9.17) is 4.74 Å². The minimum Gasteiger partial charge on any atom is -0.460 e. The molecule has 2 amide bonds. The number of piperazine rings is 1. The van der Waals surface area contributed by atoms with Gasteiger partial charge in [0.1, 0.15) is 18.8 Å². The highest BCUT2D eigenvalue weighted by atomic mass is 35.5. The number of carbonyl (C=O) groups excluding carboxylic acids is 3. The number of nitrogens with one attached hydrogen (secondary N) is 3. The number of ether oxygens (including phenoxy) is 1. The summed E-state index contributed by atoms with van der Waals surface area (Å²) in [7, 11) is 0. The number of esters is 1. The number of H-pyrrole nitrogens is 1. The molecule has 0 atom stereocenters. The number of aromatic nitrogens is 2. The molecule has 0 aliphatic carbocycles. The van der Waals surface area contributed by atoms with Gasteiger partial charge in [0, 0.05) is 26.2 Å². The summed E-state index contributed by atoms with van der Waals surface area (Å²) in [6.07, 6.45) is 1.29. The second kappa shape index (κ2) is 10.4. The first-order chi connectivity index (χ1) is 13.1. The van der Waals surface area contributed by atoms with E-state index in [1.54, 1.807) is 4.90 Å². The van der Waals surface area contributed by atoms with E-state index >= 15 is 0 Å². The lowest BCUT2D eigenvalue weighted by molar-refractivity contribution is -0.143. The van der Waals surface area contributed by atoms with Crippen LogP contribution in [0.15, 0.2) is 36.7 Å². The first kappa shape index (κ1) is 21.4. The van der Waals surface area contributed by atoms with Crippen LogP contribution in [0.3, 0.4) is 0 Å². The number of amides is 2. The van der Waals surface area contributed by atoms with E-state index < -0.39 is 11.9 Å². The molecule has 1 aliphatic rings. The molecule has 0 radical (unpaired) electrons. The normalized spacial score (nSPS) is 13.4. The van der Waals surface area contributed by atoms with Gasteiger partial charge in [0.15, 0.2) is 5.69 Å². The van der Waals surface area contributed by atoms with Crippen molar-refractivity contribution < 1.29 is 19.1 Å². The molecular formula is C18H22ClN5O4. The number of aromatic amines is 1. The van der Waals surface area contributed by atoms with Crippen molar-refractivity contribution in [1.82, 2.24) is 25.5 Å². The van der Waals surface area contributed by atoms with Crippen molar-refractivity contribution in [3.8, 4) is 0 Å². The van der Waals surface area contributed by atoms with Crippen molar-refractivity contribution in [1.29, 1.82) is 0 Å². The zero-order valence-corrected chi connectivity index (χ0v) is 16.0. The van der Waals surface area contributed by atoms with Crippen LogP contribution in [-0.2, 0) is 16.1 Å². The van der Waals surface area contributed by atoms with Crippen molar-refractivity contribution in [3.63, 3.8) is 0 Å². The molecule has 10 heteroatoms. The molecular weight excluding hydrogens is 386 g/mol. The van der Waals surface area contributed by atoms with Gasteiger partial charge in [0.25, 0.3) is 11.8 Å². The van der Waals surface area contributed by atoms with Gasteiger partial charge < -0.3 is 25.3 Å². The van der Waals surface area contributed by atoms with Crippen LogP contribution in [0, 0.1) is 0 Å². The molecule has 1 aromatic carbocycles. The summed E-state index contributed by atoms with van der Waals surface area (Å²) in [4.78, 5) is 44.9. The first-order valence-electron chi connectivity index (χ1n) is 8.66. The molecule has 3 rings (SSSR count). The van der Waals surface area contributed by atoms with Crippen molar-refractivity contribution in [2.24, 2.45) is 0 Å². The predicted octanol–water partition coefficient (Wildman–Crippen LogP) is 0.350. The fourth-order valence-corrected chi connectivity index (χ4v) is 2.68. The van der Waals surface area contributed by atoms with Crippen LogP contribution in [0.2, 0.25) is 0 Å². The van der Waals surface area contributed by atoms with Crippen molar-refractivity contribution >= 4 is 30.2 Å². The Morgan fingerprint density at radius 1 is 1.14 bits per heavy atom. The maximum Gasteiger partial charge on any atom is 0.325 e. The summed E-state index contributed by atoms with van der Waals surface area (Å²) in [5.74, 6) is -1.46. The van der Waals surface area contributed by atoms with Crippen LogP contribution >= 0.6 is 12.4 Å². The Balaban J connectivity index is 0.00000280. The molecule has 2 aromatic rings. The molecule has 1 aliphatic heterocycles. The van der Waals surface area contributed by atoms with Gasteiger partial charge in [-0.2, -0.15) is 0 Å². The molecule has 1 fully saturated rings. The second-order valence-electron chi connectivity index (χ2n) is 6.00. The lowest BCUT2D eigenvalue weighted by atomic mass is 10.2. The minimum atomic E-state index is -0.605. The predicted molar refractivity (Wildman–Crippen MR) is 103 cm³/mol. The van der Waals surface area contributed by atoms with E-state index in [1.807, 2.05) is 30.3 Å². The number of hydrogen-bond donors (Lipinski definition) is 3. The average molecular weight is 408 g/mol. The highest BCUT2D eigenvalue weighted by molar-refractivity contribution is 6.05. The maximum absolute atomic E-state index is 12.5. The Hall–Kier alpha value is -2.91. The minimum absolute atomic E-state index is 0. The monoisotopic (exact) mass is 407 g/mol. The van der Waals surface area contributed by atoms with E-state index in [0.29, 0.717) is 26.2 Å². The van der Waals surface area contributed by atoms with Crippen LogP contribution in [-0.4, -0.2) is 65.4 Å². The van der Waals surface area contributed by atoms with Crippen molar-refractivity contribution in [2.45, 2.75) is 6.61 Å². The summed E-state index contributed by atoms with van der Waals surface area (Å²) in [5, 5.41) is 5.60. The second-order valence-corrected chi connectivity index (χ2v) is 6.00. The van der Waals surface area contributed by atoms with Gasteiger partial charge in [-0.15, -0.1) is 12.4 Å². The molecule has 0 saturated carbocycles. The fourth-order valence-electron chi connectivity index (χ4n) is 2.68. The summed E-state index contributed by atoms with van der Waals surface area (Å²) in [6.45, 7) is 2.35. The van der Waals surface area contributed by atoms with Crippen LogP contribution in [0.25, 0.3) is 0 Å².